The largest absolute Gasteiger partial charge is 0.416 e. The van der Waals surface area contributed by atoms with Gasteiger partial charge in [0.1, 0.15) is 0 Å². The Kier molecular flexibility index (Phi) is 4.09. The van der Waals surface area contributed by atoms with Crippen molar-refractivity contribution in [3.63, 3.8) is 0 Å². The maximum absolute atomic E-state index is 12.5. The average molecular weight is 297 g/mol. The molecule has 1 N–H and O–H groups in total. The zero-order valence-corrected chi connectivity index (χ0v) is 9.60. The van der Waals surface area contributed by atoms with Crippen molar-refractivity contribution in [3.05, 3.63) is 34.9 Å². The Bertz CT molecular complexity index is 402. The quantitative estimate of drug-likeness (QED) is 0.688. The van der Waals surface area contributed by atoms with E-state index in [4.69, 9.17) is 5.11 Å². The van der Waals surface area contributed by atoms with Crippen LogP contribution in [0.2, 0.25) is 0 Å². The molecule has 16 heavy (non-hydrogen) atoms. The summed E-state index contributed by atoms with van der Waals surface area (Å²) in [7, 11) is 0. The number of hydrogen-bond donors (Lipinski definition) is 1. The Hall–Kier alpha value is -0.880. The first kappa shape index (κ1) is 13.2. The third-order valence-electron chi connectivity index (χ3n) is 2.03. The van der Waals surface area contributed by atoms with Gasteiger partial charge in [0.25, 0.3) is 0 Å². The first-order valence-corrected chi connectivity index (χ1v) is 5.42. The molecule has 0 spiro atoms. The topological polar surface area (TPSA) is 37.3 Å². The fraction of sp³-hybridized carbons (Fsp3) is 0.300. The molecule has 88 valence electrons. The minimum Gasteiger partial charge on any atom is -0.392 e. The molecule has 0 aliphatic carbocycles. The van der Waals surface area contributed by atoms with E-state index in [9.17, 15) is 18.0 Å². The van der Waals surface area contributed by atoms with E-state index in [1.807, 2.05) is 0 Å². The van der Waals surface area contributed by atoms with Gasteiger partial charge in [-0.1, -0.05) is 28.1 Å². The summed E-state index contributed by atoms with van der Waals surface area (Å²) in [6, 6.07) is 3.14. The summed E-state index contributed by atoms with van der Waals surface area (Å²) >= 11 is 2.88. The van der Waals surface area contributed by atoms with Crippen molar-refractivity contribution >= 4 is 21.7 Å². The zero-order valence-electron chi connectivity index (χ0n) is 8.01. The molecule has 0 unspecified atom stereocenters. The van der Waals surface area contributed by atoms with Gasteiger partial charge in [-0.15, -0.1) is 0 Å². The van der Waals surface area contributed by atoms with Gasteiger partial charge < -0.3 is 5.11 Å². The molecular formula is C10H8BrF3O2. The van der Waals surface area contributed by atoms with Crippen LogP contribution in [0.15, 0.2) is 18.2 Å². The third-order valence-corrected chi connectivity index (χ3v) is 2.54. The number of benzene rings is 1. The average Bonchev–Trinajstić information content (AvgIpc) is 2.26. The highest BCUT2D eigenvalue weighted by molar-refractivity contribution is 9.09. The van der Waals surface area contributed by atoms with Gasteiger partial charge in [0.05, 0.1) is 17.5 Å². The van der Waals surface area contributed by atoms with Crippen molar-refractivity contribution in [1.82, 2.24) is 0 Å². The standard InChI is InChI=1S/C10H8BrF3O2/c11-4-9(16)6-1-2-7(5-15)8(3-6)10(12,13)14/h1-3,15H,4-5H2. The van der Waals surface area contributed by atoms with E-state index in [0.717, 1.165) is 12.1 Å². The van der Waals surface area contributed by atoms with Crippen LogP contribution >= 0.6 is 15.9 Å². The number of Topliss-reactive ketones (excluding diaryl/α,β-unsaturated/α-hetero) is 1. The molecule has 0 aliphatic heterocycles. The minimum atomic E-state index is -4.57. The third kappa shape index (κ3) is 2.82. The van der Waals surface area contributed by atoms with Crippen LogP contribution in [0.3, 0.4) is 0 Å². The lowest BCUT2D eigenvalue weighted by Gasteiger charge is -2.12. The molecule has 2 nitrogen and oxygen atoms in total. The Morgan fingerprint density at radius 3 is 2.44 bits per heavy atom. The zero-order chi connectivity index (χ0) is 12.3. The van der Waals surface area contributed by atoms with Crippen LogP contribution < -0.4 is 0 Å². The van der Waals surface area contributed by atoms with Gasteiger partial charge >= 0.3 is 6.18 Å². The number of rotatable bonds is 3. The molecule has 0 fully saturated rings. The molecular weight excluding hydrogens is 289 g/mol. The number of ketones is 1. The summed E-state index contributed by atoms with van der Waals surface area (Å²) in [4.78, 5) is 11.2. The van der Waals surface area contributed by atoms with Gasteiger partial charge in [-0.25, -0.2) is 0 Å². The van der Waals surface area contributed by atoms with E-state index in [-0.39, 0.29) is 16.5 Å². The van der Waals surface area contributed by atoms with Crippen LogP contribution in [0.1, 0.15) is 21.5 Å². The molecule has 0 aliphatic rings. The summed E-state index contributed by atoms with van der Waals surface area (Å²) in [5.41, 5.74) is -1.23. The SMILES string of the molecule is O=C(CBr)c1ccc(CO)c(C(F)(F)F)c1. The Morgan fingerprint density at radius 1 is 1.38 bits per heavy atom. The second kappa shape index (κ2) is 4.97. The van der Waals surface area contributed by atoms with Crippen molar-refractivity contribution in [2.24, 2.45) is 0 Å². The Morgan fingerprint density at radius 2 is 2.00 bits per heavy atom. The predicted octanol–water partition coefficient (Wildman–Crippen LogP) is 2.78. The highest BCUT2D eigenvalue weighted by Gasteiger charge is 2.33. The highest BCUT2D eigenvalue weighted by Crippen LogP contribution is 2.32. The fourth-order valence-electron chi connectivity index (χ4n) is 1.23. The number of carbonyl (C=O) groups is 1. The number of hydrogen-bond acceptors (Lipinski definition) is 2. The highest BCUT2D eigenvalue weighted by atomic mass is 79.9. The smallest absolute Gasteiger partial charge is 0.392 e. The van der Waals surface area contributed by atoms with Crippen LogP contribution in [0, 0.1) is 0 Å². The van der Waals surface area contributed by atoms with Crippen molar-refractivity contribution in [2.45, 2.75) is 12.8 Å². The number of alkyl halides is 4. The first-order valence-electron chi connectivity index (χ1n) is 4.30. The van der Waals surface area contributed by atoms with Crippen molar-refractivity contribution < 1.29 is 23.1 Å². The molecule has 0 aromatic heterocycles. The number of carbonyl (C=O) groups excluding carboxylic acids is 1. The predicted molar refractivity (Wildman–Crippen MR) is 55.5 cm³/mol. The monoisotopic (exact) mass is 296 g/mol. The van der Waals surface area contributed by atoms with E-state index in [1.165, 1.54) is 6.07 Å². The second-order valence-corrected chi connectivity index (χ2v) is 3.65. The summed E-state index contributed by atoms with van der Waals surface area (Å²) in [5.74, 6) is -0.435. The van der Waals surface area contributed by atoms with E-state index in [2.05, 4.69) is 15.9 Å². The molecule has 0 heterocycles. The van der Waals surface area contributed by atoms with Gasteiger partial charge in [0.15, 0.2) is 5.78 Å². The van der Waals surface area contributed by atoms with Gasteiger partial charge in [-0.05, 0) is 11.6 Å². The molecule has 0 saturated carbocycles. The van der Waals surface area contributed by atoms with Crippen LogP contribution in [-0.4, -0.2) is 16.2 Å². The molecule has 1 aromatic carbocycles. The number of aliphatic hydroxyl groups is 1. The van der Waals surface area contributed by atoms with Crippen LogP contribution in [0.4, 0.5) is 13.2 Å². The van der Waals surface area contributed by atoms with Crippen LogP contribution in [-0.2, 0) is 12.8 Å². The van der Waals surface area contributed by atoms with Gasteiger partial charge in [-0.3, -0.25) is 4.79 Å². The number of halogens is 4. The lowest BCUT2D eigenvalue weighted by Crippen LogP contribution is -2.11. The summed E-state index contributed by atoms with van der Waals surface area (Å²) in [6.07, 6.45) is -4.57. The van der Waals surface area contributed by atoms with E-state index in [1.54, 1.807) is 0 Å². The molecule has 0 radical (unpaired) electrons. The fourth-order valence-corrected chi connectivity index (χ4v) is 1.55. The minimum absolute atomic E-state index is 0.0265. The molecule has 1 rings (SSSR count). The lowest BCUT2D eigenvalue weighted by molar-refractivity contribution is -0.138. The second-order valence-electron chi connectivity index (χ2n) is 3.08. The maximum atomic E-state index is 12.5. The lowest BCUT2D eigenvalue weighted by atomic mass is 10.0. The summed E-state index contributed by atoms with van der Waals surface area (Å²) in [6.45, 7) is -0.711. The van der Waals surface area contributed by atoms with E-state index < -0.39 is 24.1 Å². The Balaban J connectivity index is 3.27. The van der Waals surface area contributed by atoms with Crippen LogP contribution in [0.5, 0.6) is 0 Å². The molecule has 0 bridgehead atoms. The molecule has 0 saturated heterocycles. The van der Waals surface area contributed by atoms with Gasteiger partial charge in [0, 0.05) is 5.56 Å². The molecule has 6 heteroatoms. The van der Waals surface area contributed by atoms with E-state index in [0.29, 0.717) is 0 Å². The first-order chi connectivity index (χ1) is 7.40. The van der Waals surface area contributed by atoms with Gasteiger partial charge in [0.2, 0.25) is 0 Å². The molecule has 0 atom stereocenters. The summed E-state index contributed by atoms with van der Waals surface area (Å²) in [5, 5.41) is 8.74. The molecule has 0 amide bonds. The van der Waals surface area contributed by atoms with Gasteiger partial charge in [-0.2, -0.15) is 13.2 Å². The van der Waals surface area contributed by atoms with Crippen LogP contribution in [0.25, 0.3) is 0 Å². The Labute approximate surface area is 98.2 Å². The van der Waals surface area contributed by atoms with Crippen molar-refractivity contribution in [3.8, 4) is 0 Å². The summed E-state index contributed by atoms with van der Waals surface area (Å²) < 4.78 is 37.6. The molecule has 1 aromatic rings. The number of aliphatic hydroxyl groups excluding tert-OH is 1. The van der Waals surface area contributed by atoms with Crippen molar-refractivity contribution in [1.29, 1.82) is 0 Å². The maximum Gasteiger partial charge on any atom is 0.416 e. The van der Waals surface area contributed by atoms with E-state index >= 15 is 0 Å². The van der Waals surface area contributed by atoms with Crippen molar-refractivity contribution in [2.75, 3.05) is 5.33 Å². The normalized spacial score (nSPS) is 11.6.